The van der Waals surface area contributed by atoms with Crippen LogP contribution in [0.15, 0.2) is 138 Å². The molecule has 1 aliphatic heterocycles. The number of esters is 7. The summed E-state index contributed by atoms with van der Waals surface area (Å²) >= 11 is 0. The Morgan fingerprint density at radius 2 is 0.695 bits per heavy atom. The van der Waals surface area contributed by atoms with Gasteiger partial charge < -0.3 is 48.8 Å². The quantitative estimate of drug-likeness (QED) is 0.0196. The number of carbonyl (C=O) groups excluding carboxylic acids is 7. The summed E-state index contributed by atoms with van der Waals surface area (Å²) in [6.45, 7) is 14.0. The van der Waals surface area contributed by atoms with Gasteiger partial charge in [-0.1, -0.05) is 93.2 Å². The topological polar surface area (TPSA) is 273 Å². The number of aliphatic carboxylic acids is 1. The molecule has 82 heavy (non-hydrogen) atoms. The van der Waals surface area contributed by atoms with Crippen LogP contribution in [0.4, 0.5) is 0 Å². The lowest BCUT2D eigenvalue weighted by Crippen LogP contribution is -2.23. The molecule has 4 aliphatic carbocycles. The summed E-state index contributed by atoms with van der Waals surface area (Å²) in [7, 11) is 0. The molecule has 18 nitrogen and oxygen atoms in total. The predicted octanol–water partition coefficient (Wildman–Crippen LogP) is 9.87. The number of ether oxygens (including phenoxy) is 6. The lowest BCUT2D eigenvalue weighted by atomic mass is 9.89. The largest absolute Gasteiger partial charge is 0.478 e. The third-order valence-electron chi connectivity index (χ3n) is 13.2. The molecule has 5 rings (SSSR count). The standard InChI is InChI=1S/C48H62O13.C14H16O3.C2H6O2/c1-31(2)10-7-13-34-16-19-37(43(50)51)40(28-34)46(54)60-26-24-58-45(53)39-21-18-36(15-9-12-33(5)6)30-42(39)48(56)61-27-25-59-44(52)38-20-17-35(14-8-11-32(3)4)29-41(38)47(55)57-23-22-49;1-9(2)4-3-5-10-6-7-11-12(8-10)14(16)17-13(11)15;3-1-2-4/h10-12,16-18,49H,7-9,13-15,19-30H2,1-6H3,(H,50,51);4,6H,3,5,7-8H2,1-2H3;3-4H,1-2H2. The predicted molar refractivity (Wildman–Crippen MR) is 307 cm³/mol. The van der Waals surface area contributed by atoms with Crippen LogP contribution in [0.3, 0.4) is 0 Å². The molecular weight excluding hydrogens is 1060 g/mol. The minimum atomic E-state index is -1.20. The lowest BCUT2D eigenvalue weighted by Gasteiger charge is -2.20. The minimum absolute atomic E-state index is 0.0304. The van der Waals surface area contributed by atoms with E-state index in [1.165, 1.54) is 16.7 Å². The van der Waals surface area contributed by atoms with Gasteiger partial charge in [0.25, 0.3) is 0 Å². The first-order valence-corrected chi connectivity index (χ1v) is 27.9. The molecule has 4 N–H and O–H groups in total. The zero-order chi connectivity index (χ0) is 60.7. The molecule has 0 amide bonds. The van der Waals surface area contributed by atoms with E-state index in [2.05, 4.69) is 49.0 Å². The Bertz CT molecular complexity index is 2740. The van der Waals surface area contributed by atoms with Crippen molar-refractivity contribution in [3.63, 3.8) is 0 Å². The number of aliphatic hydroxyl groups is 3. The Balaban J connectivity index is 0.000000696. The number of hydrogen-bond acceptors (Lipinski definition) is 17. The molecule has 0 aromatic carbocycles. The van der Waals surface area contributed by atoms with Crippen molar-refractivity contribution < 1.29 is 87.2 Å². The van der Waals surface area contributed by atoms with Gasteiger partial charge in [-0.25, -0.2) is 38.4 Å². The van der Waals surface area contributed by atoms with Crippen LogP contribution < -0.4 is 0 Å². The number of carboxylic acid groups (broad SMARTS) is 1. The zero-order valence-corrected chi connectivity index (χ0v) is 49.1. The Morgan fingerprint density at radius 3 is 1.02 bits per heavy atom. The van der Waals surface area contributed by atoms with Gasteiger partial charge >= 0.3 is 47.8 Å². The van der Waals surface area contributed by atoms with E-state index in [9.17, 15) is 43.5 Å². The summed E-state index contributed by atoms with van der Waals surface area (Å²) in [6.07, 6.45) is 24.3. The van der Waals surface area contributed by atoms with E-state index in [1.54, 1.807) is 0 Å². The molecule has 0 radical (unpaired) electrons. The van der Waals surface area contributed by atoms with E-state index in [0.29, 0.717) is 43.3 Å². The lowest BCUT2D eigenvalue weighted by molar-refractivity contribution is -0.151. The van der Waals surface area contributed by atoms with E-state index in [1.807, 2.05) is 59.8 Å². The maximum Gasteiger partial charge on any atom is 0.342 e. The van der Waals surface area contributed by atoms with E-state index >= 15 is 0 Å². The number of aliphatic hydroxyl groups excluding tert-OH is 3. The van der Waals surface area contributed by atoms with Crippen molar-refractivity contribution in [1.29, 1.82) is 0 Å². The van der Waals surface area contributed by atoms with Crippen LogP contribution in [0.25, 0.3) is 0 Å². The third kappa shape index (κ3) is 24.4. The van der Waals surface area contributed by atoms with Gasteiger partial charge in [0.2, 0.25) is 0 Å². The summed E-state index contributed by atoms with van der Waals surface area (Å²) in [5, 5.41) is 34.1. The van der Waals surface area contributed by atoms with Gasteiger partial charge in [-0.15, -0.1) is 0 Å². The van der Waals surface area contributed by atoms with Crippen molar-refractivity contribution in [3.05, 3.63) is 138 Å². The van der Waals surface area contributed by atoms with Crippen molar-refractivity contribution >= 4 is 47.8 Å². The fourth-order valence-corrected chi connectivity index (χ4v) is 8.99. The van der Waals surface area contributed by atoms with Gasteiger partial charge in [-0.3, -0.25) is 0 Å². The molecule has 0 saturated heterocycles. The van der Waals surface area contributed by atoms with Gasteiger partial charge in [-0.2, -0.15) is 0 Å². The Kier molecular flexibility index (Phi) is 31.1. The number of cyclic esters (lactones) is 2. The van der Waals surface area contributed by atoms with Crippen LogP contribution in [0.5, 0.6) is 0 Å². The van der Waals surface area contributed by atoms with Gasteiger partial charge in [0.05, 0.1) is 64.4 Å². The molecule has 0 aromatic rings. The molecule has 0 atom stereocenters. The van der Waals surface area contributed by atoms with Crippen molar-refractivity contribution in [3.8, 4) is 0 Å². The molecule has 0 spiro atoms. The van der Waals surface area contributed by atoms with E-state index < -0.39 is 47.8 Å². The smallest absolute Gasteiger partial charge is 0.342 e. The van der Waals surface area contributed by atoms with Crippen LogP contribution in [0.1, 0.15) is 158 Å². The van der Waals surface area contributed by atoms with Crippen molar-refractivity contribution in [2.45, 2.75) is 158 Å². The molecule has 1 heterocycles. The second-order valence-corrected chi connectivity index (χ2v) is 20.9. The fraction of sp³-hybridized carbons (Fsp3) is 0.500. The zero-order valence-electron chi connectivity index (χ0n) is 49.1. The highest BCUT2D eigenvalue weighted by Gasteiger charge is 2.35. The van der Waals surface area contributed by atoms with Gasteiger partial charge in [0.1, 0.15) is 33.0 Å². The van der Waals surface area contributed by atoms with E-state index in [4.69, 9.17) is 39.0 Å². The first-order chi connectivity index (χ1) is 39.1. The molecule has 18 heteroatoms. The number of hydrogen-bond donors (Lipinski definition) is 4. The number of carbonyl (C=O) groups is 8. The number of carboxylic acids is 1. The number of rotatable bonds is 27. The second kappa shape index (κ2) is 36.9. The summed E-state index contributed by atoms with van der Waals surface area (Å²) in [5.41, 5.74) is 10.5. The Hall–Kier alpha value is -7.28. The number of allylic oxidation sites excluding steroid dienone is 16. The molecule has 0 bridgehead atoms. The molecule has 0 aromatic heterocycles. The molecule has 448 valence electrons. The van der Waals surface area contributed by atoms with Crippen LogP contribution >= 0.6 is 0 Å². The minimum Gasteiger partial charge on any atom is -0.478 e. The second-order valence-electron chi connectivity index (χ2n) is 20.9. The molecule has 0 saturated carbocycles. The van der Waals surface area contributed by atoms with Crippen LogP contribution in [0.2, 0.25) is 0 Å². The van der Waals surface area contributed by atoms with E-state index in [-0.39, 0.29) is 125 Å². The fourth-order valence-electron chi connectivity index (χ4n) is 8.99. The van der Waals surface area contributed by atoms with E-state index in [0.717, 1.165) is 60.0 Å². The SMILES string of the molecule is CC(C)=CCCC1=CCC(C(=O)O)=C(C(=O)OCCOC(=O)C2=C(C(=O)OCCOC(=O)C3=C(C(=O)OCCO)CC(CCC=C(C)C)=CC3)CC(CCC=C(C)C)=CC2)C1.CC(C)=CCCC1=CCC2=C(C1)C(=O)OC2=O.OCCO. The summed E-state index contributed by atoms with van der Waals surface area (Å²) in [4.78, 5) is 101. The maximum atomic E-state index is 13.5. The first-order valence-electron chi connectivity index (χ1n) is 27.9. The van der Waals surface area contributed by atoms with Gasteiger partial charge in [0, 0.05) is 25.7 Å². The monoisotopic (exact) mass is 1140 g/mol. The summed E-state index contributed by atoms with van der Waals surface area (Å²) < 4.78 is 31.4. The van der Waals surface area contributed by atoms with Crippen molar-refractivity contribution in [2.24, 2.45) is 0 Å². The first kappa shape index (κ1) is 69.0. The Labute approximate surface area is 482 Å². The van der Waals surface area contributed by atoms with Crippen molar-refractivity contribution in [2.75, 3.05) is 52.9 Å². The van der Waals surface area contributed by atoms with Crippen LogP contribution in [-0.2, 0) is 66.8 Å². The molecular formula is C64H84O18. The van der Waals surface area contributed by atoms with Crippen LogP contribution in [-0.4, -0.2) is 121 Å². The van der Waals surface area contributed by atoms with Gasteiger partial charge in [0.15, 0.2) is 0 Å². The highest BCUT2D eigenvalue weighted by molar-refractivity contribution is 6.13. The average molecular weight is 1140 g/mol. The van der Waals surface area contributed by atoms with Crippen LogP contribution in [0, 0.1) is 0 Å². The Morgan fingerprint density at radius 1 is 0.402 bits per heavy atom. The van der Waals surface area contributed by atoms with Crippen molar-refractivity contribution in [1.82, 2.24) is 0 Å². The molecule has 0 fully saturated rings. The third-order valence-corrected chi connectivity index (χ3v) is 13.2. The maximum absolute atomic E-state index is 13.5. The molecule has 5 aliphatic rings. The highest BCUT2D eigenvalue weighted by Crippen LogP contribution is 2.34. The molecule has 0 unspecified atom stereocenters. The summed E-state index contributed by atoms with van der Waals surface area (Å²) in [6, 6.07) is 0. The summed E-state index contributed by atoms with van der Waals surface area (Å²) in [5.74, 6) is -5.92. The average Bonchev–Trinajstić information content (AvgIpc) is 3.80. The highest BCUT2D eigenvalue weighted by atomic mass is 16.6. The van der Waals surface area contributed by atoms with Gasteiger partial charge in [-0.05, 0) is 132 Å². The normalized spacial score (nSPS) is 15.5.